The Morgan fingerprint density at radius 2 is 1.66 bits per heavy atom. The molecule has 0 spiro atoms. The zero-order valence-corrected chi connectivity index (χ0v) is 18.1. The largest absolute Gasteiger partial charge is 0.486 e. The predicted octanol–water partition coefficient (Wildman–Crippen LogP) is 5.49. The van der Waals surface area contributed by atoms with Gasteiger partial charge in [0, 0.05) is 16.3 Å². The molecule has 3 aromatic heterocycles. The minimum absolute atomic E-state index is 0.173. The van der Waals surface area contributed by atoms with Crippen molar-refractivity contribution >= 4 is 32.9 Å². The molecule has 0 aliphatic rings. The molecule has 0 radical (unpaired) electrons. The lowest BCUT2D eigenvalue weighted by molar-refractivity contribution is 0.305. The molecule has 0 fully saturated rings. The van der Waals surface area contributed by atoms with Gasteiger partial charge in [-0.3, -0.25) is 9.36 Å². The lowest BCUT2D eigenvalue weighted by Crippen LogP contribution is -2.21. The Bertz CT molecular complexity index is 1440. The van der Waals surface area contributed by atoms with E-state index in [0.29, 0.717) is 16.0 Å². The van der Waals surface area contributed by atoms with E-state index in [1.165, 1.54) is 57.8 Å². The summed E-state index contributed by atoms with van der Waals surface area (Å²) < 4.78 is 33.4. The van der Waals surface area contributed by atoms with Crippen LogP contribution in [0.3, 0.4) is 0 Å². The number of rotatable bonds is 6. The third-order valence-electron chi connectivity index (χ3n) is 4.82. The van der Waals surface area contributed by atoms with Gasteiger partial charge in [-0.15, -0.1) is 22.7 Å². The van der Waals surface area contributed by atoms with Gasteiger partial charge in [-0.25, -0.2) is 18.7 Å². The van der Waals surface area contributed by atoms with Crippen molar-refractivity contribution in [2.75, 3.05) is 0 Å². The van der Waals surface area contributed by atoms with Crippen LogP contribution >= 0.6 is 22.7 Å². The van der Waals surface area contributed by atoms with E-state index >= 15 is 0 Å². The van der Waals surface area contributed by atoms with Gasteiger partial charge < -0.3 is 4.74 Å². The van der Waals surface area contributed by atoms with E-state index in [1.54, 1.807) is 24.3 Å². The SMILES string of the molecule is O=c1c2c(-c3ccc(F)cc3)csc2ncn1Cc1csc(COc2ccc(F)cc2)n1. The summed E-state index contributed by atoms with van der Waals surface area (Å²) in [5.41, 5.74) is 2.05. The Morgan fingerprint density at radius 1 is 0.938 bits per heavy atom. The Morgan fingerprint density at radius 3 is 2.41 bits per heavy atom. The normalized spacial score (nSPS) is 11.2. The number of aromatic nitrogens is 3. The van der Waals surface area contributed by atoms with Crippen molar-refractivity contribution in [3.63, 3.8) is 0 Å². The minimum Gasteiger partial charge on any atom is -0.486 e. The van der Waals surface area contributed by atoms with E-state index in [2.05, 4.69) is 9.97 Å². The molecule has 160 valence electrons. The Labute approximate surface area is 189 Å². The van der Waals surface area contributed by atoms with Gasteiger partial charge in [0.25, 0.3) is 5.56 Å². The summed E-state index contributed by atoms with van der Waals surface area (Å²) >= 11 is 2.80. The number of benzene rings is 2. The number of thiazole rings is 1. The van der Waals surface area contributed by atoms with Gasteiger partial charge in [0.15, 0.2) is 0 Å². The topological polar surface area (TPSA) is 57.0 Å². The third kappa shape index (κ3) is 4.17. The van der Waals surface area contributed by atoms with Crippen LogP contribution in [-0.4, -0.2) is 14.5 Å². The molecular weight excluding hydrogens is 452 g/mol. The van der Waals surface area contributed by atoms with Gasteiger partial charge in [-0.2, -0.15) is 0 Å². The van der Waals surface area contributed by atoms with Crippen LogP contribution in [-0.2, 0) is 13.2 Å². The summed E-state index contributed by atoms with van der Waals surface area (Å²) in [4.78, 5) is 22.8. The molecule has 0 N–H and O–H groups in total. The zero-order valence-electron chi connectivity index (χ0n) is 16.5. The van der Waals surface area contributed by atoms with Crippen molar-refractivity contribution in [3.8, 4) is 16.9 Å². The molecule has 5 nitrogen and oxygen atoms in total. The molecule has 2 aromatic carbocycles. The molecule has 32 heavy (non-hydrogen) atoms. The van der Waals surface area contributed by atoms with Crippen molar-refractivity contribution in [1.82, 2.24) is 14.5 Å². The van der Waals surface area contributed by atoms with Crippen LogP contribution in [0.15, 0.2) is 70.4 Å². The van der Waals surface area contributed by atoms with Gasteiger partial charge in [-0.1, -0.05) is 12.1 Å². The molecule has 5 rings (SSSR count). The molecule has 5 aromatic rings. The van der Waals surface area contributed by atoms with E-state index < -0.39 is 0 Å². The zero-order chi connectivity index (χ0) is 22.1. The highest BCUT2D eigenvalue weighted by atomic mass is 32.1. The van der Waals surface area contributed by atoms with Crippen molar-refractivity contribution in [1.29, 1.82) is 0 Å². The summed E-state index contributed by atoms with van der Waals surface area (Å²) in [5.74, 6) is -0.0931. The molecule has 0 bridgehead atoms. The van der Waals surface area contributed by atoms with Crippen LogP contribution < -0.4 is 10.3 Å². The van der Waals surface area contributed by atoms with Crippen LogP contribution in [0.25, 0.3) is 21.3 Å². The molecule has 0 saturated heterocycles. The monoisotopic (exact) mass is 467 g/mol. The van der Waals surface area contributed by atoms with E-state index in [1.807, 2.05) is 10.8 Å². The highest BCUT2D eigenvalue weighted by Crippen LogP contribution is 2.30. The van der Waals surface area contributed by atoms with E-state index in [0.717, 1.165) is 21.8 Å². The quantitative estimate of drug-likeness (QED) is 0.332. The van der Waals surface area contributed by atoms with Crippen LogP contribution in [0, 0.1) is 11.6 Å². The van der Waals surface area contributed by atoms with Gasteiger partial charge in [-0.05, 0) is 42.0 Å². The lowest BCUT2D eigenvalue weighted by Gasteiger charge is -2.05. The van der Waals surface area contributed by atoms with Crippen LogP contribution in [0.1, 0.15) is 10.7 Å². The van der Waals surface area contributed by atoms with Crippen LogP contribution in [0.5, 0.6) is 5.75 Å². The second kappa shape index (κ2) is 8.60. The van der Waals surface area contributed by atoms with Crippen molar-refractivity contribution in [2.24, 2.45) is 0 Å². The Kier molecular flexibility index (Phi) is 5.50. The first kappa shape index (κ1) is 20.5. The van der Waals surface area contributed by atoms with Crippen molar-refractivity contribution < 1.29 is 13.5 Å². The average Bonchev–Trinajstić information content (AvgIpc) is 3.43. The second-order valence-corrected chi connectivity index (χ2v) is 8.79. The third-order valence-corrected chi connectivity index (χ3v) is 6.58. The van der Waals surface area contributed by atoms with Crippen LogP contribution in [0.2, 0.25) is 0 Å². The highest BCUT2D eigenvalue weighted by Gasteiger charge is 2.14. The van der Waals surface area contributed by atoms with E-state index in [4.69, 9.17) is 4.74 Å². The summed E-state index contributed by atoms with van der Waals surface area (Å²) in [6.07, 6.45) is 1.52. The lowest BCUT2D eigenvalue weighted by atomic mass is 10.1. The number of ether oxygens (including phenoxy) is 1. The summed E-state index contributed by atoms with van der Waals surface area (Å²) in [5, 5.41) is 4.99. The van der Waals surface area contributed by atoms with Crippen molar-refractivity contribution in [3.05, 3.63) is 98.3 Å². The van der Waals surface area contributed by atoms with Gasteiger partial charge in [0.2, 0.25) is 0 Å². The fourth-order valence-corrected chi connectivity index (χ4v) is 4.86. The number of thiophene rings is 1. The van der Waals surface area contributed by atoms with Gasteiger partial charge >= 0.3 is 0 Å². The second-order valence-electron chi connectivity index (χ2n) is 6.99. The molecule has 0 saturated carbocycles. The maximum Gasteiger partial charge on any atom is 0.263 e. The van der Waals surface area contributed by atoms with Crippen molar-refractivity contribution in [2.45, 2.75) is 13.2 Å². The number of hydrogen-bond donors (Lipinski definition) is 0. The fraction of sp³-hybridized carbons (Fsp3) is 0.0870. The maximum atomic E-state index is 13.3. The number of fused-ring (bicyclic) bond motifs is 1. The maximum absolute atomic E-state index is 13.3. The Hall–Kier alpha value is -3.43. The summed E-state index contributed by atoms with van der Waals surface area (Å²) in [6.45, 7) is 0.523. The molecule has 0 aliphatic heterocycles. The number of hydrogen-bond acceptors (Lipinski definition) is 6. The number of nitrogens with zero attached hydrogens (tertiary/aromatic N) is 3. The smallest absolute Gasteiger partial charge is 0.263 e. The fourth-order valence-electron chi connectivity index (χ4n) is 3.26. The summed E-state index contributed by atoms with van der Waals surface area (Å²) in [6, 6.07) is 11.8. The molecule has 0 aliphatic carbocycles. The first-order chi connectivity index (χ1) is 15.6. The van der Waals surface area contributed by atoms with E-state index in [-0.39, 0.29) is 30.3 Å². The van der Waals surface area contributed by atoms with Gasteiger partial charge in [0.1, 0.15) is 33.8 Å². The molecule has 0 amide bonds. The van der Waals surface area contributed by atoms with Gasteiger partial charge in [0.05, 0.1) is 24.0 Å². The summed E-state index contributed by atoms with van der Waals surface area (Å²) in [7, 11) is 0. The highest BCUT2D eigenvalue weighted by molar-refractivity contribution is 7.17. The first-order valence-electron chi connectivity index (χ1n) is 9.61. The standard InChI is InChI=1S/C23H15F2N3O2S2/c24-15-3-1-14(2-4-15)19-12-32-22-21(19)23(29)28(13-26-22)9-17-11-31-20(27-17)10-30-18-7-5-16(25)6-8-18/h1-8,11-13H,9-10H2. The van der Waals surface area contributed by atoms with E-state index in [9.17, 15) is 13.6 Å². The molecule has 0 atom stereocenters. The molecule has 3 heterocycles. The molecule has 9 heteroatoms. The Balaban J connectivity index is 1.37. The molecule has 0 unspecified atom stereocenters. The van der Waals surface area contributed by atoms with Crippen LogP contribution in [0.4, 0.5) is 8.78 Å². The first-order valence-corrected chi connectivity index (χ1v) is 11.4. The predicted molar refractivity (Wildman–Crippen MR) is 121 cm³/mol. The molecular formula is C23H15F2N3O2S2. The minimum atomic E-state index is -0.327. The number of halogens is 2. The average molecular weight is 468 g/mol.